The molecule has 0 bridgehead atoms. The van der Waals surface area contributed by atoms with Crippen LogP contribution in [0.15, 0.2) is 18.2 Å². The van der Waals surface area contributed by atoms with Crippen LogP contribution in [0.5, 0.6) is 0 Å². The number of hydrogen-bond acceptors (Lipinski definition) is 1. The molecule has 4 heteroatoms. The minimum absolute atomic E-state index is 0.500. The van der Waals surface area contributed by atoms with Gasteiger partial charge in [0.2, 0.25) is 0 Å². The van der Waals surface area contributed by atoms with Crippen LogP contribution in [0.4, 0.5) is 0 Å². The Morgan fingerprint density at radius 2 is 1.64 bits per heavy atom. The van der Waals surface area contributed by atoms with Crippen LogP contribution in [0.3, 0.4) is 0 Å². The second-order valence-electron chi connectivity index (χ2n) is 2.04. The highest BCUT2D eigenvalue weighted by molar-refractivity contribution is 6.37. The Kier molecular flexibility index (Phi) is 3.02. The summed E-state index contributed by atoms with van der Waals surface area (Å²) in [4.78, 5) is 0. The summed E-state index contributed by atoms with van der Waals surface area (Å²) in [6, 6.07) is 5.14. The summed E-state index contributed by atoms with van der Waals surface area (Å²) >= 11 is 17.2. The lowest BCUT2D eigenvalue weighted by molar-refractivity contribution is 1.02. The monoisotopic (exact) mass is 209 g/mol. The molecule has 11 heavy (non-hydrogen) atoms. The number of alkyl halides is 1. The Morgan fingerprint density at radius 1 is 1.18 bits per heavy atom. The number of benzene rings is 1. The molecule has 60 valence electrons. The molecule has 0 aliphatic heterocycles. The molecule has 0 aromatic heterocycles. The fourth-order valence-corrected chi connectivity index (χ4v) is 1.75. The zero-order valence-corrected chi connectivity index (χ0v) is 7.79. The molecule has 1 unspecified atom stereocenters. The van der Waals surface area contributed by atoms with Gasteiger partial charge in [-0.2, -0.15) is 0 Å². The molecule has 1 atom stereocenters. The van der Waals surface area contributed by atoms with Crippen molar-refractivity contribution in [1.29, 1.82) is 0 Å². The van der Waals surface area contributed by atoms with Crippen molar-refractivity contribution < 1.29 is 0 Å². The van der Waals surface area contributed by atoms with E-state index in [1.54, 1.807) is 18.2 Å². The third-order valence-corrected chi connectivity index (χ3v) is 2.15. The van der Waals surface area contributed by atoms with Crippen molar-refractivity contribution in [3.8, 4) is 0 Å². The van der Waals surface area contributed by atoms with E-state index in [1.807, 2.05) is 0 Å². The van der Waals surface area contributed by atoms with E-state index in [2.05, 4.69) is 0 Å². The molecule has 2 N–H and O–H groups in total. The average Bonchev–Trinajstić information content (AvgIpc) is 1.85. The lowest BCUT2D eigenvalue weighted by Crippen LogP contribution is -2.03. The molecule has 0 amide bonds. The first-order valence-corrected chi connectivity index (χ1v) is 4.15. The summed E-state index contributed by atoms with van der Waals surface area (Å²) in [5.74, 6) is 0. The predicted octanol–water partition coefficient (Wildman–Crippen LogP) is 3.19. The predicted molar refractivity (Wildman–Crippen MR) is 49.2 cm³/mol. The molecule has 0 saturated heterocycles. The number of halogens is 3. The Labute approximate surface area is 80.0 Å². The second kappa shape index (κ2) is 3.63. The molecule has 0 saturated carbocycles. The van der Waals surface area contributed by atoms with E-state index in [4.69, 9.17) is 40.5 Å². The van der Waals surface area contributed by atoms with Crippen LogP contribution >= 0.6 is 34.8 Å². The van der Waals surface area contributed by atoms with E-state index in [0.717, 1.165) is 0 Å². The molecule has 1 nitrogen and oxygen atoms in total. The van der Waals surface area contributed by atoms with Crippen LogP contribution in [0.2, 0.25) is 10.0 Å². The van der Waals surface area contributed by atoms with Gasteiger partial charge in [0, 0.05) is 15.6 Å². The Bertz CT molecular complexity index is 240. The van der Waals surface area contributed by atoms with E-state index in [1.165, 1.54) is 0 Å². The summed E-state index contributed by atoms with van der Waals surface area (Å²) in [6.45, 7) is 0. The quantitative estimate of drug-likeness (QED) is 0.559. The standard InChI is InChI=1S/C7H6Cl3N/c8-4-2-1-3-5(9)6(4)7(10)11/h1-3,7H,11H2. The highest BCUT2D eigenvalue weighted by Crippen LogP contribution is 2.30. The smallest absolute Gasteiger partial charge is 0.109 e. The molecular formula is C7H6Cl3N. The fraction of sp³-hybridized carbons (Fsp3) is 0.143. The van der Waals surface area contributed by atoms with E-state index < -0.39 is 5.50 Å². The Morgan fingerprint density at radius 3 is 1.91 bits per heavy atom. The first kappa shape index (κ1) is 9.14. The van der Waals surface area contributed by atoms with Gasteiger partial charge in [-0.3, -0.25) is 0 Å². The zero-order valence-electron chi connectivity index (χ0n) is 5.52. The highest BCUT2D eigenvalue weighted by Gasteiger charge is 2.10. The van der Waals surface area contributed by atoms with E-state index in [-0.39, 0.29) is 0 Å². The fourth-order valence-electron chi connectivity index (χ4n) is 0.774. The first-order chi connectivity index (χ1) is 5.13. The van der Waals surface area contributed by atoms with Crippen LogP contribution in [-0.4, -0.2) is 0 Å². The molecule has 0 aliphatic rings. The molecule has 1 aromatic carbocycles. The summed E-state index contributed by atoms with van der Waals surface area (Å²) in [5, 5.41) is 1.00. The minimum Gasteiger partial charge on any atom is -0.311 e. The number of hydrogen-bond donors (Lipinski definition) is 1. The average molecular weight is 210 g/mol. The van der Waals surface area contributed by atoms with E-state index >= 15 is 0 Å². The van der Waals surface area contributed by atoms with Crippen molar-refractivity contribution >= 4 is 34.8 Å². The maximum absolute atomic E-state index is 5.78. The van der Waals surface area contributed by atoms with Gasteiger partial charge in [0.05, 0.1) is 0 Å². The Hall–Kier alpha value is 0.0500. The van der Waals surface area contributed by atoms with Gasteiger partial charge in [-0.25, -0.2) is 0 Å². The van der Waals surface area contributed by atoms with Crippen molar-refractivity contribution in [3.63, 3.8) is 0 Å². The third-order valence-electron chi connectivity index (χ3n) is 1.28. The Balaban J connectivity index is 3.21. The number of nitrogens with two attached hydrogens (primary N) is 1. The molecule has 0 radical (unpaired) electrons. The normalized spacial score (nSPS) is 13.1. The van der Waals surface area contributed by atoms with Gasteiger partial charge in [0.15, 0.2) is 0 Å². The maximum Gasteiger partial charge on any atom is 0.109 e. The summed E-state index contributed by atoms with van der Waals surface area (Å²) < 4.78 is 0. The first-order valence-electron chi connectivity index (χ1n) is 2.96. The van der Waals surface area contributed by atoms with E-state index in [9.17, 15) is 0 Å². The molecule has 0 fully saturated rings. The third kappa shape index (κ3) is 2.00. The lowest BCUT2D eigenvalue weighted by Gasteiger charge is -2.07. The van der Waals surface area contributed by atoms with Crippen LogP contribution in [0, 0.1) is 0 Å². The molecular weight excluding hydrogens is 204 g/mol. The van der Waals surface area contributed by atoms with Crippen molar-refractivity contribution in [2.24, 2.45) is 5.73 Å². The minimum atomic E-state index is -0.642. The lowest BCUT2D eigenvalue weighted by atomic mass is 10.2. The van der Waals surface area contributed by atoms with Gasteiger partial charge < -0.3 is 5.73 Å². The second-order valence-corrected chi connectivity index (χ2v) is 3.32. The van der Waals surface area contributed by atoms with Gasteiger partial charge in [-0.1, -0.05) is 29.3 Å². The van der Waals surface area contributed by atoms with Crippen molar-refractivity contribution in [2.45, 2.75) is 5.50 Å². The molecule has 0 aliphatic carbocycles. The van der Waals surface area contributed by atoms with Crippen molar-refractivity contribution in [1.82, 2.24) is 0 Å². The van der Waals surface area contributed by atoms with Crippen LogP contribution in [-0.2, 0) is 0 Å². The van der Waals surface area contributed by atoms with Crippen molar-refractivity contribution in [2.75, 3.05) is 0 Å². The van der Waals surface area contributed by atoms with Crippen molar-refractivity contribution in [3.05, 3.63) is 33.8 Å². The van der Waals surface area contributed by atoms with E-state index in [0.29, 0.717) is 15.6 Å². The molecule has 0 heterocycles. The highest BCUT2D eigenvalue weighted by atomic mass is 35.5. The van der Waals surface area contributed by atoms with Gasteiger partial charge >= 0.3 is 0 Å². The van der Waals surface area contributed by atoms with Crippen LogP contribution in [0.25, 0.3) is 0 Å². The van der Waals surface area contributed by atoms with Gasteiger partial charge in [0.1, 0.15) is 5.50 Å². The largest absolute Gasteiger partial charge is 0.311 e. The van der Waals surface area contributed by atoms with Crippen LogP contribution < -0.4 is 5.73 Å². The molecule has 0 spiro atoms. The maximum atomic E-state index is 5.78. The molecule has 1 aromatic rings. The summed E-state index contributed by atoms with van der Waals surface area (Å²) in [5.41, 5.74) is 5.35. The zero-order chi connectivity index (χ0) is 8.43. The van der Waals surface area contributed by atoms with Crippen LogP contribution in [0.1, 0.15) is 11.1 Å². The van der Waals surface area contributed by atoms with Gasteiger partial charge in [-0.15, -0.1) is 11.6 Å². The summed E-state index contributed by atoms with van der Waals surface area (Å²) in [6.07, 6.45) is 0. The van der Waals surface area contributed by atoms with Gasteiger partial charge in [-0.05, 0) is 12.1 Å². The molecule has 1 rings (SSSR count). The topological polar surface area (TPSA) is 26.0 Å². The number of rotatable bonds is 1. The van der Waals surface area contributed by atoms with Gasteiger partial charge in [0.25, 0.3) is 0 Å². The summed E-state index contributed by atoms with van der Waals surface area (Å²) in [7, 11) is 0. The SMILES string of the molecule is NC(Cl)c1c(Cl)cccc1Cl.